The van der Waals surface area contributed by atoms with Gasteiger partial charge < -0.3 is 10.1 Å². The molecule has 1 aromatic carbocycles. The number of esters is 1. The molecule has 9 heteroatoms. The Bertz CT molecular complexity index is 1060. The van der Waals surface area contributed by atoms with Crippen LogP contribution in [0, 0.1) is 20.8 Å². The van der Waals surface area contributed by atoms with Gasteiger partial charge in [-0.2, -0.15) is 5.10 Å². The lowest BCUT2D eigenvalue weighted by Crippen LogP contribution is -2.21. The van der Waals surface area contributed by atoms with Gasteiger partial charge in [0, 0.05) is 17.6 Å². The predicted molar refractivity (Wildman–Crippen MR) is 109 cm³/mol. The van der Waals surface area contributed by atoms with Gasteiger partial charge in [-0.15, -0.1) is 11.3 Å². The van der Waals surface area contributed by atoms with Gasteiger partial charge in [-0.3, -0.25) is 9.48 Å². The highest BCUT2D eigenvalue weighted by Crippen LogP contribution is 2.30. The second-order valence-corrected chi connectivity index (χ2v) is 7.67. The van der Waals surface area contributed by atoms with Crippen molar-refractivity contribution in [2.75, 3.05) is 11.9 Å². The van der Waals surface area contributed by atoms with Crippen LogP contribution in [-0.2, 0) is 16.6 Å². The number of hydrogen-bond acceptors (Lipinski definition) is 6. The summed E-state index contributed by atoms with van der Waals surface area (Å²) in [5.74, 6) is -1.01. The summed E-state index contributed by atoms with van der Waals surface area (Å²) >= 11 is 7.22. The van der Waals surface area contributed by atoms with Crippen LogP contribution in [0.3, 0.4) is 0 Å². The molecule has 0 atom stereocenters. The van der Waals surface area contributed by atoms with Gasteiger partial charge in [-0.25, -0.2) is 9.78 Å². The van der Waals surface area contributed by atoms with E-state index in [9.17, 15) is 9.59 Å². The lowest BCUT2D eigenvalue weighted by Gasteiger charge is -2.06. The number of thiazole rings is 1. The number of benzene rings is 1. The van der Waals surface area contributed by atoms with Crippen LogP contribution in [0.15, 0.2) is 24.3 Å². The molecule has 0 aliphatic carbocycles. The van der Waals surface area contributed by atoms with Gasteiger partial charge in [0.05, 0.1) is 22.8 Å². The molecule has 0 radical (unpaired) electrons. The fourth-order valence-electron chi connectivity index (χ4n) is 2.66. The monoisotopic (exact) mass is 418 g/mol. The first-order chi connectivity index (χ1) is 13.3. The molecule has 28 heavy (non-hydrogen) atoms. The number of ether oxygens (including phenoxy) is 1. The molecular weight excluding hydrogens is 400 g/mol. The lowest BCUT2D eigenvalue weighted by atomic mass is 10.2. The van der Waals surface area contributed by atoms with Crippen LogP contribution >= 0.6 is 22.9 Å². The predicted octanol–water partition coefficient (Wildman–Crippen LogP) is 3.92. The summed E-state index contributed by atoms with van der Waals surface area (Å²) < 4.78 is 6.84. The topological polar surface area (TPSA) is 86.1 Å². The number of aryl methyl sites for hydroxylation is 3. The summed E-state index contributed by atoms with van der Waals surface area (Å²) in [5.41, 5.74) is 3.51. The molecule has 2 aromatic heterocycles. The molecule has 0 fully saturated rings. The molecule has 3 aromatic rings. The van der Waals surface area contributed by atoms with Crippen molar-refractivity contribution in [3.63, 3.8) is 0 Å². The van der Waals surface area contributed by atoms with Crippen molar-refractivity contribution in [2.24, 2.45) is 7.05 Å². The zero-order valence-corrected chi connectivity index (χ0v) is 17.4. The zero-order chi connectivity index (χ0) is 20.4. The maximum atomic E-state index is 12.4. The van der Waals surface area contributed by atoms with Crippen LogP contribution in [0.1, 0.15) is 26.8 Å². The van der Waals surface area contributed by atoms with Crippen LogP contribution in [0.2, 0.25) is 5.02 Å². The van der Waals surface area contributed by atoms with E-state index in [1.54, 1.807) is 37.7 Å². The van der Waals surface area contributed by atoms with Crippen molar-refractivity contribution in [3.05, 3.63) is 51.2 Å². The Morgan fingerprint density at radius 2 is 2.00 bits per heavy atom. The lowest BCUT2D eigenvalue weighted by molar-refractivity contribution is -0.119. The molecule has 0 saturated carbocycles. The van der Waals surface area contributed by atoms with E-state index in [1.807, 2.05) is 19.1 Å². The maximum Gasteiger partial charge on any atom is 0.350 e. The first kappa shape index (κ1) is 20.0. The fourth-order valence-corrected chi connectivity index (χ4v) is 3.80. The number of carbonyl (C=O) groups excluding carboxylic acids is 2. The molecule has 0 aliphatic heterocycles. The van der Waals surface area contributed by atoms with Gasteiger partial charge in [0.15, 0.2) is 6.61 Å². The third-order valence-corrected chi connectivity index (χ3v) is 5.58. The fraction of sp³-hybridized carbons (Fsp3) is 0.263. The van der Waals surface area contributed by atoms with Crippen LogP contribution < -0.4 is 5.32 Å². The van der Waals surface area contributed by atoms with E-state index < -0.39 is 18.5 Å². The Hall–Kier alpha value is -2.71. The van der Waals surface area contributed by atoms with Gasteiger partial charge in [0.1, 0.15) is 9.88 Å². The third kappa shape index (κ3) is 4.23. The molecule has 2 heterocycles. The number of halogens is 1. The van der Waals surface area contributed by atoms with E-state index in [0.29, 0.717) is 32.0 Å². The number of nitrogens with zero attached hydrogens (tertiary/aromatic N) is 3. The molecule has 1 amide bonds. The maximum absolute atomic E-state index is 12.4. The van der Waals surface area contributed by atoms with Gasteiger partial charge in [-0.05, 0) is 32.9 Å². The van der Waals surface area contributed by atoms with Crippen LogP contribution in [-0.4, -0.2) is 33.2 Å². The summed E-state index contributed by atoms with van der Waals surface area (Å²) in [4.78, 5) is 29.3. The quantitative estimate of drug-likeness (QED) is 0.634. The number of anilines is 1. The smallest absolute Gasteiger partial charge is 0.350 e. The van der Waals surface area contributed by atoms with E-state index in [1.165, 1.54) is 11.3 Å². The van der Waals surface area contributed by atoms with E-state index in [0.717, 1.165) is 11.3 Å². The zero-order valence-electron chi connectivity index (χ0n) is 15.9. The van der Waals surface area contributed by atoms with E-state index in [-0.39, 0.29) is 0 Å². The first-order valence-corrected chi connectivity index (χ1v) is 9.66. The molecule has 7 nitrogen and oxygen atoms in total. The Morgan fingerprint density at radius 3 is 2.64 bits per heavy atom. The highest BCUT2D eigenvalue weighted by molar-refractivity contribution is 7.17. The van der Waals surface area contributed by atoms with Gasteiger partial charge in [0.25, 0.3) is 5.91 Å². The summed E-state index contributed by atoms with van der Waals surface area (Å²) in [6.07, 6.45) is 0. The van der Waals surface area contributed by atoms with Crippen molar-refractivity contribution >= 4 is 40.5 Å². The number of aromatic nitrogens is 3. The molecular formula is C19H19ClN4O3S. The minimum absolute atomic E-state index is 0.358. The molecule has 3 rings (SSSR count). The van der Waals surface area contributed by atoms with Crippen LogP contribution in [0.25, 0.3) is 10.6 Å². The van der Waals surface area contributed by atoms with Crippen molar-refractivity contribution in [1.29, 1.82) is 0 Å². The standard InChI is InChI=1S/C19H19ClN4O3S/c1-10-16(12(3)24(4)23-10)22-15(25)9-27-19(26)17-11(2)21-18(28-17)13-6-5-7-14(20)8-13/h5-8H,9H2,1-4H3,(H,22,25). The first-order valence-electron chi connectivity index (χ1n) is 8.46. The second kappa shape index (κ2) is 8.12. The number of nitrogens with one attached hydrogen (secondary N) is 1. The van der Waals surface area contributed by atoms with Crippen molar-refractivity contribution in [2.45, 2.75) is 20.8 Å². The highest BCUT2D eigenvalue weighted by atomic mass is 35.5. The van der Waals surface area contributed by atoms with Crippen molar-refractivity contribution < 1.29 is 14.3 Å². The van der Waals surface area contributed by atoms with Gasteiger partial charge in [-0.1, -0.05) is 23.7 Å². The Morgan fingerprint density at radius 1 is 1.25 bits per heavy atom. The van der Waals surface area contributed by atoms with Gasteiger partial charge >= 0.3 is 5.97 Å². The Labute approximate surface area is 171 Å². The molecule has 0 spiro atoms. The molecule has 0 unspecified atom stereocenters. The van der Waals surface area contributed by atoms with E-state index in [2.05, 4.69) is 15.4 Å². The normalized spacial score (nSPS) is 10.8. The average molecular weight is 419 g/mol. The number of amides is 1. The number of hydrogen-bond donors (Lipinski definition) is 1. The van der Waals surface area contributed by atoms with Crippen molar-refractivity contribution in [3.8, 4) is 10.6 Å². The highest BCUT2D eigenvalue weighted by Gasteiger charge is 2.20. The van der Waals surface area contributed by atoms with E-state index in [4.69, 9.17) is 16.3 Å². The molecule has 146 valence electrons. The average Bonchev–Trinajstić information content (AvgIpc) is 3.15. The van der Waals surface area contributed by atoms with E-state index >= 15 is 0 Å². The summed E-state index contributed by atoms with van der Waals surface area (Å²) in [6.45, 7) is 4.98. The minimum Gasteiger partial charge on any atom is -0.451 e. The second-order valence-electron chi connectivity index (χ2n) is 6.24. The Kier molecular flexibility index (Phi) is 5.81. The molecule has 0 bridgehead atoms. The van der Waals surface area contributed by atoms with Crippen LogP contribution in [0.4, 0.5) is 5.69 Å². The summed E-state index contributed by atoms with van der Waals surface area (Å²) in [6, 6.07) is 7.23. The number of rotatable bonds is 5. The molecule has 0 saturated heterocycles. The summed E-state index contributed by atoms with van der Waals surface area (Å²) in [7, 11) is 1.79. The third-order valence-electron chi connectivity index (χ3n) is 4.16. The van der Waals surface area contributed by atoms with Crippen LogP contribution in [0.5, 0.6) is 0 Å². The largest absolute Gasteiger partial charge is 0.451 e. The SMILES string of the molecule is Cc1nc(-c2cccc(Cl)c2)sc1C(=O)OCC(=O)Nc1c(C)nn(C)c1C. The molecule has 1 N–H and O–H groups in total. The minimum atomic E-state index is -0.585. The Balaban J connectivity index is 1.66. The van der Waals surface area contributed by atoms with Gasteiger partial charge in [0.2, 0.25) is 0 Å². The summed E-state index contributed by atoms with van der Waals surface area (Å²) in [5, 5.41) is 8.22. The van der Waals surface area contributed by atoms with Crippen molar-refractivity contribution in [1.82, 2.24) is 14.8 Å². The number of carbonyl (C=O) groups is 2. The molecule has 0 aliphatic rings.